The zero-order valence-corrected chi connectivity index (χ0v) is 14.3. The van der Waals surface area contributed by atoms with E-state index in [0.717, 1.165) is 10.0 Å². The number of likely N-dealkylation sites (tertiary alicyclic amines) is 1. The molecule has 1 amide bonds. The van der Waals surface area contributed by atoms with E-state index in [0.29, 0.717) is 25.9 Å². The standard InChI is InChI=1S/C15H22BrN3O2/c1-14(2,3)21-13(20)19-6-4-15(17,5-7-19)11-8-12(16)10-18-9-11/h8-10H,4-7,17H2,1-3H3. The van der Waals surface area contributed by atoms with Crippen LogP contribution in [0.15, 0.2) is 22.9 Å². The van der Waals surface area contributed by atoms with Crippen LogP contribution in [0.5, 0.6) is 0 Å². The summed E-state index contributed by atoms with van der Waals surface area (Å²) in [7, 11) is 0. The van der Waals surface area contributed by atoms with Crippen molar-refractivity contribution < 1.29 is 9.53 Å². The number of halogens is 1. The van der Waals surface area contributed by atoms with Gasteiger partial charge in [-0.05, 0) is 61.2 Å². The lowest BCUT2D eigenvalue weighted by Gasteiger charge is -2.39. The lowest BCUT2D eigenvalue weighted by atomic mass is 9.83. The van der Waals surface area contributed by atoms with E-state index in [9.17, 15) is 4.79 Å². The van der Waals surface area contributed by atoms with Gasteiger partial charge in [0, 0.05) is 35.5 Å². The predicted octanol–water partition coefficient (Wildman–Crippen LogP) is 3.03. The first-order chi connectivity index (χ1) is 9.70. The number of carbonyl (C=O) groups excluding carboxylic acids is 1. The quantitative estimate of drug-likeness (QED) is 0.840. The van der Waals surface area contributed by atoms with Gasteiger partial charge in [0.1, 0.15) is 5.60 Å². The van der Waals surface area contributed by atoms with Gasteiger partial charge in [0.25, 0.3) is 0 Å². The van der Waals surface area contributed by atoms with Crippen molar-refractivity contribution in [3.63, 3.8) is 0 Å². The van der Waals surface area contributed by atoms with E-state index in [1.54, 1.807) is 17.3 Å². The first-order valence-electron chi connectivity index (χ1n) is 7.07. The van der Waals surface area contributed by atoms with Crippen LogP contribution < -0.4 is 5.73 Å². The molecule has 1 aromatic heterocycles. The molecule has 0 radical (unpaired) electrons. The maximum absolute atomic E-state index is 12.1. The molecule has 2 heterocycles. The summed E-state index contributed by atoms with van der Waals surface area (Å²) >= 11 is 3.42. The lowest BCUT2D eigenvalue weighted by molar-refractivity contribution is 0.0166. The summed E-state index contributed by atoms with van der Waals surface area (Å²) in [6.45, 7) is 6.80. The smallest absolute Gasteiger partial charge is 0.410 e. The van der Waals surface area contributed by atoms with Crippen molar-refractivity contribution in [1.29, 1.82) is 0 Å². The lowest BCUT2D eigenvalue weighted by Crippen LogP contribution is -2.50. The molecule has 0 atom stereocenters. The maximum atomic E-state index is 12.1. The molecular weight excluding hydrogens is 334 g/mol. The van der Waals surface area contributed by atoms with E-state index in [4.69, 9.17) is 10.5 Å². The second kappa shape index (κ2) is 5.93. The summed E-state index contributed by atoms with van der Waals surface area (Å²) in [5, 5.41) is 0. The first kappa shape index (κ1) is 16.2. The zero-order chi connectivity index (χ0) is 15.7. The average Bonchev–Trinajstić information content (AvgIpc) is 2.37. The van der Waals surface area contributed by atoms with Crippen LogP contribution in [0, 0.1) is 0 Å². The molecule has 2 rings (SSSR count). The molecule has 116 valence electrons. The highest BCUT2D eigenvalue weighted by Gasteiger charge is 2.35. The summed E-state index contributed by atoms with van der Waals surface area (Å²) in [6.07, 6.45) is 4.67. The largest absolute Gasteiger partial charge is 0.444 e. The molecule has 1 fully saturated rings. The fraction of sp³-hybridized carbons (Fsp3) is 0.600. The normalized spacial score (nSPS) is 18.4. The number of hydrogen-bond acceptors (Lipinski definition) is 4. The van der Waals surface area contributed by atoms with Gasteiger partial charge in [0.15, 0.2) is 0 Å². The SMILES string of the molecule is CC(C)(C)OC(=O)N1CCC(N)(c2cncc(Br)c2)CC1. The number of aromatic nitrogens is 1. The van der Waals surface area contributed by atoms with Crippen LogP contribution in [-0.2, 0) is 10.3 Å². The zero-order valence-electron chi connectivity index (χ0n) is 12.7. The van der Waals surface area contributed by atoms with Crippen LogP contribution >= 0.6 is 15.9 Å². The van der Waals surface area contributed by atoms with Crippen molar-refractivity contribution in [3.05, 3.63) is 28.5 Å². The first-order valence-corrected chi connectivity index (χ1v) is 7.87. The molecule has 0 aromatic carbocycles. The van der Waals surface area contributed by atoms with Gasteiger partial charge in [0.2, 0.25) is 0 Å². The molecule has 1 aromatic rings. The fourth-order valence-electron chi connectivity index (χ4n) is 2.39. The van der Waals surface area contributed by atoms with Gasteiger partial charge in [-0.2, -0.15) is 0 Å². The molecule has 1 aliphatic rings. The molecular formula is C15H22BrN3O2. The summed E-state index contributed by atoms with van der Waals surface area (Å²) in [5.41, 5.74) is 6.60. The van der Waals surface area contributed by atoms with Crippen LogP contribution in [0.1, 0.15) is 39.2 Å². The van der Waals surface area contributed by atoms with Crippen molar-refractivity contribution in [1.82, 2.24) is 9.88 Å². The number of nitrogens with zero attached hydrogens (tertiary/aromatic N) is 2. The fourth-order valence-corrected chi connectivity index (χ4v) is 2.75. The van der Waals surface area contributed by atoms with E-state index < -0.39 is 11.1 Å². The number of pyridine rings is 1. The second-order valence-electron chi connectivity index (χ2n) is 6.52. The minimum atomic E-state index is -0.470. The Hall–Kier alpha value is -1.14. The number of piperidine rings is 1. The van der Waals surface area contributed by atoms with E-state index >= 15 is 0 Å². The van der Waals surface area contributed by atoms with Crippen molar-refractivity contribution in [2.24, 2.45) is 5.73 Å². The number of rotatable bonds is 1. The Bertz CT molecular complexity index is 520. The third-order valence-corrected chi connectivity index (χ3v) is 4.02. The topological polar surface area (TPSA) is 68.5 Å². The highest BCUT2D eigenvalue weighted by molar-refractivity contribution is 9.10. The molecule has 6 heteroatoms. The van der Waals surface area contributed by atoms with Crippen LogP contribution in [0.3, 0.4) is 0 Å². The van der Waals surface area contributed by atoms with Crippen LogP contribution in [0.25, 0.3) is 0 Å². The third-order valence-electron chi connectivity index (χ3n) is 3.59. The average molecular weight is 356 g/mol. The number of hydrogen-bond donors (Lipinski definition) is 1. The van der Waals surface area contributed by atoms with Crippen molar-refractivity contribution >= 4 is 22.0 Å². The summed E-state index contributed by atoms with van der Waals surface area (Å²) < 4.78 is 6.31. The molecule has 0 spiro atoms. The molecule has 21 heavy (non-hydrogen) atoms. The predicted molar refractivity (Wildman–Crippen MR) is 84.8 cm³/mol. The molecule has 1 saturated heterocycles. The summed E-state index contributed by atoms with van der Waals surface area (Å²) in [5.74, 6) is 0. The molecule has 1 aliphatic heterocycles. The van der Waals surface area contributed by atoms with Crippen LogP contribution in [-0.4, -0.2) is 34.7 Å². The Morgan fingerprint density at radius 2 is 2.00 bits per heavy atom. The Morgan fingerprint density at radius 3 is 2.52 bits per heavy atom. The highest BCUT2D eigenvalue weighted by Crippen LogP contribution is 2.31. The maximum Gasteiger partial charge on any atom is 0.410 e. The van der Waals surface area contributed by atoms with Crippen molar-refractivity contribution in [2.75, 3.05) is 13.1 Å². The van der Waals surface area contributed by atoms with Crippen molar-refractivity contribution in [3.8, 4) is 0 Å². The van der Waals surface area contributed by atoms with E-state index in [-0.39, 0.29) is 6.09 Å². The van der Waals surface area contributed by atoms with Gasteiger partial charge in [-0.1, -0.05) is 0 Å². The van der Waals surface area contributed by atoms with E-state index in [2.05, 4.69) is 20.9 Å². The van der Waals surface area contributed by atoms with E-state index in [1.807, 2.05) is 26.8 Å². The van der Waals surface area contributed by atoms with Gasteiger partial charge in [-0.3, -0.25) is 4.98 Å². The third kappa shape index (κ3) is 4.17. The summed E-state index contributed by atoms with van der Waals surface area (Å²) in [4.78, 5) is 18.0. The van der Waals surface area contributed by atoms with Crippen LogP contribution in [0.4, 0.5) is 4.79 Å². The molecule has 0 unspecified atom stereocenters. The molecule has 2 N–H and O–H groups in total. The van der Waals surface area contributed by atoms with Crippen molar-refractivity contribution in [2.45, 2.75) is 44.8 Å². The highest BCUT2D eigenvalue weighted by atomic mass is 79.9. The number of amides is 1. The molecule has 5 nitrogen and oxygen atoms in total. The van der Waals surface area contributed by atoms with Gasteiger partial charge < -0.3 is 15.4 Å². The Kier molecular flexibility index (Phi) is 4.58. The Labute approximate surface area is 134 Å². The van der Waals surface area contributed by atoms with Gasteiger partial charge in [-0.25, -0.2) is 4.79 Å². The summed E-state index contributed by atoms with van der Waals surface area (Å²) in [6, 6.07) is 2.00. The molecule has 0 saturated carbocycles. The number of nitrogens with two attached hydrogens (primary N) is 1. The van der Waals surface area contributed by atoms with Gasteiger partial charge >= 0.3 is 6.09 Å². The van der Waals surface area contributed by atoms with E-state index in [1.165, 1.54) is 0 Å². The van der Waals surface area contributed by atoms with Gasteiger partial charge in [-0.15, -0.1) is 0 Å². The molecule has 0 bridgehead atoms. The minimum absolute atomic E-state index is 0.267. The number of carbonyl (C=O) groups is 1. The number of ether oxygens (including phenoxy) is 1. The minimum Gasteiger partial charge on any atom is -0.444 e. The second-order valence-corrected chi connectivity index (χ2v) is 7.43. The van der Waals surface area contributed by atoms with Gasteiger partial charge in [0.05, 0.1) is 0 Å². The Morgan fingerprint density at radius 1 is 1.38 bits per heavy atom. The molecule has 0 aliphatic carbocycles. The monoisotopic (exact) mass is 355 g/mol. The Balaban J connectivity index is 2.01. The van der Waals surface area contributed by atoms with Crippen LogP contribution in [0.2, 0.25) is 0 Å².